The van der Waals surface area contributed by atoms with Crippen LogP contribution in [0, 0.1) is 0 Å². The van der Waals surface area contributed by atoms with Gasteiger partial charge in [0.2, 0.25) is 0 Å². The number of nitrogens with one attached hydrogen (secondary N) is 2. The summed E-state index contributed by atoms with van der Waals surface area (Å²) in [5.74, 6) is -0.141. The van der Waals surface area contributed by atoms with Crippen LogP contribution in [0.2, 0.25) is 0 Å². The molecule has 0 bridgehead atoms. The molecule has 2 aromatic rings. The van der Waals surface area contributed by atoms with E-state index in [2.05, 4.69) is 29.5 Å². The van der Waals surface area contributed by atoms with Gasteiger partial charge in [-0.2, -0.15) is 0 Å². The summed E-state index contributed by atoms with van der Waals surface area (Å²) in [5.41, 5.74) is 2.59. The molecule has 1 aromatic heterocycles. The van der Waals surface area contributed by atoms with Gasteiger partial charge in [-0.25, -0.2) is 0 Å². The summed E-state index contributed by atoms with van der Waals surface area (Å²) in [6, 6.07) is 11.2. The van der Waals surface area contributed by atoms with Gasteiger partial charge in [-0.15, -0.1) is 0 Å². The summed E-state index contributed by atoms with van der Waals surface area (Å²) in [4.78, 5) is 29.5. The molecule has 1 aliphatic carbocycles. The normalized spacial score (nSPS) is 15.1. The van der Waals surface area contributed by atoms with Gasteiger partial charge >= 0.3 is 0 Å². The third-order valence-electron chi connectivity index (χ3n) is 5.28. The first-order valence-electron chi connectivity index (χ1n) is 10.2. The van der Waals surface area contributed by atoms with E-state index in [-0.39, 0.29) is 23.6 Å². The molecule has 5 nitrogen and oxygen atoms in total. The van der Waals surface area contributed by atoms with Crippen LogP contribution in [-0.2, 0) is 0 Å². The van der Waals surface area contributed by atoms with Crippen molar-refractivity contribution in [3.05, 3.63) is 59.4 Å². The van der Waals surface area contributed by atoms with E-state index in [1.165, 1.54) is 19.0 Å². The van der Waals surface area contributed by atoms with Gasteiger partial charge in [0.15, 0.2) is 0 Å². The van der Waals surface area contributed by atoms with Crippen molar-refractivity contribution in [2.24, 2.45) is 0 Å². The van der Waals surface area contributed by atoms with Crippen LogP contribution < -0.4 is 10.6 Å². The highest BCUT2D eigenvalue weighted by atomic mass is 16.2. The van der Waals surface area contributed by atoms with E-state index < -0.39 is 0 Å². The number of nitrogens with zero attached hydrogens (tertiary/aromatic N) is 1. The number of amides is 2. The van der Waals surface area contributed by atoms with Gasteiger partial charge in [0.05, 0.1) is 0 Å². The summed E-state index contributed by atoms with van der Waals surface area (Å²) < 4.78 is 0. The Morgan fingerprint density at radius 1 is 1.00 bits per heavy atom. The Balaban J connectivity index is 1.70. The molecule has 0 spiro atoms. The second kappa shape index (κ2) is 9.49. The summed E-state index contributed by atoms with van der Waals surface area (Å²) in [5, 5.41) is 6.05. The van der Waals surface area contributed by atoms with Crippen molar-refractivity contribution in [1.29, 1.82) is 0 Å². The monoisotopic (exact) mass is 379 g/mol. The highest BCUT2D eigenvalue weighted by Gasteiger charge is 2.18. The van der Waals surface area contributed by atoms with Crippen LogP contribution in [0.15, 0.2) is 42.6 Å². The number of carbonyl (C=O) groups excluding carboxylic acids is 2. The lowest BCUT2D eigenvalue weighted by Gasteiger charge is -2.16. The molecule has 0 radical (unpaired) electrons. The Morgan fingerprint density at radius 3 is 2.43 bits per heavy atom. The zero-order valence-corrected chi connectivity index (χ0v) is 16.7. The average Bonchev–Trinajstić information content (AvgIpc) is 2.97. The minimum Gasteiger partial charge on any atom is -0.348 e. The van der Waals surface area contributed by atoms with E-state index in [0.29, 0.717) is 11.5 Å². The number of para-hydroxylation sites is 1. The molecule has 1 aromatic carbocycles. The Morgan fingerprint density at radius 2 is 1.71 bits per heavy atom. The third kappa shape index (κ3) is 5.18. The van der Waals surface area contributed by atoms with Gasteiger partial charge in [-0.1, -0.05) is 57.7 Å². The first-order chi connectivity index (χ1) is 13.5. The first kappa shape index (κ1) is 20.1. The predicted octanol–water partition coefficient (Wildman–Crippen LogP) is 4.91. The molecule has 148 valence electrons. The molecule has 0 saturated heterocycles. The highest BCUT2D eigenvalue weighted by molar-refractivity contribution is 6.06. The molecular weight excluding hydrogens is 350 g/mol. The van der Waals surface area contributed by atoms with E-state index in [9.17, 15) is 9.59 Å². The number of pyridine rings is 1. The zero-order chi connectivity index (χ0) is 19.9. The molecule has 28 heavy (non-hydrogen) atoms. The van der Waals surface area contributed by atoms with Gasteiger partial charge in [-0.05, 0) is 42.5 Å². The molecule has 0 unspecified atom stereocenters. The van der Waals surface area contributed by atoms with Crippen molar-refractivity contribution in [3.8, 4) is 0 Å². The van der Waals surface area contributed by atoms with Crippen LogP contribution in [0.5, 0.6) is 0 Å². The number of hydrogen-bond acceptors (Lipinski definition) is 3. The number of benzene rings is 1. The molecule has 1 heterocycles. The van der Waals surface area contributed by atoms with E-state index in [4.69, 9.17) is 0 Å². The molecule has 1 aliphatic rings. The minimum atomic E-state index is -0.237. The quantitative estimate of drug-likeness (QED) is 0.725. The van der Waals surface area contributed by atoms with Crippen LogP contribution in [-0.4, -0.2) is 22.8 Å². The van der Waals surface area contributed by atoms with Gasteiger partial charge < -0.3 is 10.6 Å². The molecule has 5 heteroatoms. The largest absolute Gasteiger partial charge is 0.348 e. The van der Waals surface area contributed by atoms with Gasteiger partial charge in [0.25, 0.3) is 11.8 Å². The standard InChI is InChI=1S/C23H29N3O2/c1-16(2)19-11-7-8-12-20(19)26-22(27)17-13-14-24-21(15-17)23(28)25-18-9-5-3-4-6-10-18/h7-8,11-16,18H,3-6,9-10H2,1-2H3,(H,25,28)(H,26,27). The van der Waals surface area contributed by atoms with E-state index in [1.54, 1.807) is 12.1 Å². The topological polar surface area (TPSA) is 71.1 Å². The third-order valence-corrected chi connectivity index (χ3v) is 5.28. The zero-order valence-electron chi connectivity index (χ0n) is 16.7. The fourth-order valence-electron chi connectivity index (χ4n) is 3.69. The summed E-state index contributed by atoms with van der Waals surface area (Å²) in [6.45, 7) is 4.18. The van der Waals surface area contributed by atoms with E-state index >= 15 is 0 Å². The summed E-state index contributed by atoms with van der Waals surface area (Å²) >= 11 is 0. The van der Waals surface area contributed by atoms with Crippen molar-refractivity contribution >= 4 is 17.5 Å². The Labute approximate surface area is 167 Å². The van der Waals surface area contributed by atoms with E-state index in [0.717, 1.165) is 36.9 Å². The molecule has 1 saturated carbocycles. The highest BCUT2D eigenvalue weighted by Crippen LogP contribution is 2.24. The van der Waals surface area contributed by atoms with Crippen LogP contribution in [0.3, 0.4) is 0 Å². The Hall–Kier alpha value is -2.69. The van der Waals surface area contributed by atoms with Gasteiger partial charge in [-0.3, -0.25) is 14.6 Å². The fraction of sp³-hybridized carbons (Fsp3) is 0.435. The van der Waals surface area contributed by atoms with Crippen molar-refractivity contribution in [3.63, 3.8) is 0 Å². The summed E-state index contributed by atoms with van der Waals surface area (Å²) in [7, 11) is 0. The second-order valence-electron chi connectivity index (χ2n) is 7.79. The van der Waals surface area contributed by atoms with Crippen molar-refractivity contribution < 1.29 is 9.59 Å². The van der Waals surface area contributed by atoms with Crippen LogP contribution in [0.4, 0.5) is 5.69 Å². The summed E-state index contributed by atoms with van der Waals surface area (Å²) in [6.07, 6.45) is 8.31. The maximum Gasteiger partial charge on any atom is 0.270 e. The average molecular weight is 380 g/mol. The molecule has 2 N–H and O–H groups in total. The minimum absolute atomic E-state index is 0.201. The fourth-order valence-corrected chi connectivity index (χ4v) is 3.69. The van der Waals surface area contributed by atoms with E-state index in [1.807, 2.05) is 24.3 Å². The van der Waals surface area contributed by atoms with Crippen LogP contribution >= 0.6 is 0 Å². The van der Waals surface area contributed by atoms with Crippen molar-refractivity contribution in [2.45, 2.75) is 64.3 Å². The Kier molecular flexibility index (Phi) is 6.80. The second-order valence-corrected chi connectivity index (χ2v) is 7.79. The van der Waals surface area contributed by atoms with Crippen LogP contribution in [0.1, 0.15) is 84.7 Å². The smallest absolute Gasteiger partial charge is 0.270 e. The van der Waals surface area contributed by atoms with Crippen LogP contribution in [0.25, 0.3) is 0 Å². The lowest BCUT2D eigenvalue weighted by Crippen LogP contribution is -2.35. The molecule has 0 aliphatic heterocycles. The first-order valence-corrected chi connectivity index (χ1v) is 10.2. The van der Waals surface area contributed by atoms with Gasteiger partial charge in [0.1, 0.15) is 5.69 Å². The van der Waals surface area contributed by atoms with Crippen molar-refractivity contribution in [2.75, 3.05) is 5.32 Å². The number of rotatable bonds is 5. The number of aromatic nitrogens is 1. The van der Waals surface area contributed by atoms with Gasteiger partial charge in [0, 0.05) is 23.5 Å². The van der Waals surface area contributed by atoms with Crippen molar-refractivity contribution in [1.82, 2.24) is 10.3 Å². The number of carbonyl (C=O) groups is 2. The lowest BCUT2D eigenvalue weighted by molar-refractivity contribution is 0.0928. The molecule has 1 fully saturated rings. The molecule has 0 atom stereocenters. The number of hydrogen-bond donors (Lipinski definition) is 2. The Bertz CT molecular complexity index is 824. The maximum absolute atomic E-state index is 12.7. The SMILES string of the molecule is CC(C)c1ccccc1NC(=O)c1ccnc(C(=O)NC2CCCCCC2)c1. The molecule has 2 amide bonds. The molecular formula is C23H29N3O2. The number of anilines is 1. The molecule has 3 rings (SSSR count). The predicted molar refractivity (Wildman–Crippen MR) is 112 cm³/mol. The lowest BCUT2D eigenvalue weighted by atomic mass is 10.0. The maximum atomic E-state index is 12.7.